The van der Waals surface area contributed by atoms with Crippen molar-refractivity contribution in [3.63, 3.8) is 0 Å². The van der Waals surface area contributed by atoms with Gasteiger partial charge in [0, 0.05) is 6.42 Å². The van der Waals surface area contributed by atoms with Gasteiger partial charge < -0.3 is 115 Å². The average Bonchev–Trinajstić information content (AvgIpc) is 3.11. The highest BCUT2D eigenvalue weighted by atomic mass is 16.8. The number of carboxylic acid groups (broad SMARTS) is 3. The van der Waals surface area contributed by atoms with E-state index in [0.29, 0.717) is 0 Å². The lowest BCUT2D eigenvalue weighted by Gasteiger charge is -2.50. The van der Waals surface area contributed by atoms with Crippen LogP contribution in [-0.4, -0.2) is 241 Å². The van der Waals surface area contributed by atoms with E-state index in [0.717, 1.165) is 0 Å². The van der Waals surface area contributed by atoms with Crippen molar-refractivity contribution >= 4 is 17.9 Å². The van der Waals surface area contributed by atoms with E-state index in [9.17, 15) is 96.1 Å². The predicted molar refractivity (Wildman–Crippen MR) is 152 cm³/mol. The number of aliphatic hydroxyl groups excluding tert-OH is 12. The molecule has 0 bridgehead atoms. The molecular formula is C27H42O26. The molecule has 0 saturated carbocycles. The third-order valence-electron chi connectivity index (χ3n) is 9.06. The van der Waals surface area contributed by atoms with Gasteiger partial charge in [-0.2, -0.15) is 0 Å². The maximum absolute atomic E-state index is 12.3. The fourth-order valence-electron chi connectivity index (χ4n) is 6.12. The van der Waals surface area contributed by atoms with Gasteiger partial charge in [-0.05, 0) is 0 Å². The SMILES string of the molecule is O=C(O)[C@H]1O[C@H](O[C@@H]2[C@H](O)[C@@H](O)[C@@H](O[C@@H]3C[C@](O)(C(=O)O)O[C@H]([C@H](O)CO)[C@@H]3O[C@H]3O[C@H]([C@H](O)CO)[C@@H](O)[C@H](O)[C@@H]3O)O[C@@H]2C(=O)O)[C@H](O)[C@@H](O)[C@H]1O. The summed E-state index contributed by atoms with van der Waals surface area (Å²) < 4.78 is 37.1. The van der Waals surface area contributed by atoms with Gasteiger partial charge in [-0.1, -0.05) is 0 Å². The Labute approximate surface area is 295 Å². The summed E-state index contributed by atoms with van der Waals surface area (Å²) in [5, 5.41) is 163. The summed E-state index contributed by atoms with van der Waals surface area (Å²) in [5.74, 6) is -9.28. The van der Waals surface area contributed by atoms with Crippen molar-refractivity contribution in [1.82, 2.24) is 0 Å². The van der Waals surface area contributed by atoms with Gasteiger partial charge in [0.2, 0.25) is 0 Å². The van der Waals surface area contributed by atoms with E-state index < -0.39 is 166 Å². The van der Waals surface area contributed by atoms with Crippen LogP contribution in [-0.2, 0) is 47.5 Å². The Bertz CT molecular complexity index is 1270. The number of hydrogen-bond acceptors (Lipinski definition) is 23. The molecule has 26 heteroatoms. The summed E-state index contributed by atoms with van der Waals surface area (Å²) in [6, 6.07) is 0. The molecule has 4 aliphatic heterocycles. The molecule has 0 aromatic carbocycles. The van der Waals surface area contributed by atoms with Crippen LogP contribution < -0.4 is 0 Å². The van der Waals surface area contributed by atoms with Crippen molar-refractivity contribution in [2.75, 3.05) is 13.2 Å². The van der Waals surface area contributed by atoms with E-state index in [-0.39, 0.29) is 0 Å². The molecule has 0 aromatic heterocycles. The highest BCUT2D eigenvalue weighted by Gasteiger charge is 2.59. The molecule has 306 valence electrons. The Balaban J connectivity index is 1.65. The molecule has 0 unspecified atom stereocenters. The smallest absolute Gasteiger partial charge is 0.364 e. The molecule has 4 rings (SSSR count). The fraction of sp³-hybridized carbons (Fsp3) is 0.889. The summed E-state index contributed by atoms with van der Waals surface area (Å²) in [6.07, 6.45) is -45.4. The van der Waals surface area contributed by atoms with Crippen molar-refractivity contribution < 1.29 is 129 Å². The van der Waals surface area contributed by atoms with Crippen LogP contribution in [0.25, 0.3) is 0 Å². The second-order valence-electron chi connectivity index (χ2n) is 12.7. The van der Waals surface area contributed by atoms with Crippen LogP contribution in [0.5, 0.6) is 0 Å². The Morgan fingerprint density at radius 1 is 0.585 bits per heavy atom. The Morgan fingerprint density at radius 2 is 1.04 bits per heavy atom. The molecule has 0 amide bonds. The van der Waals surface area contributed by atoms with E-state index in [1.165, 1.54) is 0 Å². The minimum atomic E-state index is -3.32. The molecular weight excluding hydrogens is 740 g/mol. The van der Waals surface area contributed by atoms with Crippen molar-refractivity contribution in [2.24, 2.45) is 0 Å². The van der Waals surface area contributed by atoms with Crippen LogP contribution in [0.15, 0.2) is 0 Å². The molecule has 4 fully saturated rings. The fourth-order valence-corrected chi connectivity index (χ4v) is 6.12. The largest absolute Gasteiger partial charge is 0.479 e. The number of carboxylic acids is 3. The number of aliphatic carboxylic acids is 3. The van der Waals surface area contributed by atoms with Crippen molar-refractivity contribution in [3.05, 3.63) is 0 Å². The number of carbonyl (C=O) groups is 3. The first-order chi connectivity index (χ1) is 24.7. The highest BCUT2D eigenvalue weighted by Crippen LogP contribution is 2.38. The first-order valence-corrected chi connectivity index (χ1v) is 15.7. The zero-order valence-electron chi connectivity index (χ0n) is 26.9. The zero-order chi connectivity index (χ0) is 39.9. The first-order valence-electron chi connectivity index (χ1n) is 15.7. The molecule has 0 radical (unpaired) electrons. The molecule has 0 aliphatic carbocycles. The normalized spacial score (nSPS) is 47.7. The van der Waals surface area contributed by atoms with Gasteiger partial charge in [-0.25, -0.2) is 14.4 Å². The van der Waals surface area contributed by atoms with Crippen LogP contribution in [0.4, 0.5) is 0 Å². The lowest BCUT2D eigenvalue weighted by Crippen LogP contribution is -2.68. The van der Waals surface area contributed by atoms with Gasteiger partial charge in [0.05, 0.1) is 19.3 Å². The van der Waals surface area contributed by atoms with Crippen LogP contribution in [0.2, 0.25) is 0 Å². The predicted octanol–water partition coefficient (Wildman–Crippen LogP) is -10.4. The van der Waals surface area contributed by atoms with E-state index in [1.807, 2.05) is 0 Å². The number of ether oxygens (including phenoxy) is 7. The van der Waals surface area contributed by atoms with Gasteiger partial charge in [0.15, 0.2) is 31.1 Å². The second kappa shape index (κ2) is 17.2. The molecule has 26 nitrogen and oxygen atoms in total. The van der Waals surface area contributed by atoms with Crippen LogP contribution in [0.1, 0.15) is 6.42 Å². The Kier molecular flexibility index (Phi) is 14.0. The standard InChI is InChI=1S/C27H42O26/c28-2-4(30)15-9(34)7(32)12(37)24(48-15)49-17-6(1-27(46,26(44)45)53-16(17)5(31)3-29)47-23-14(39)11(36)18(20(52-23)22(42)43)50-25-13(38)8(33)10(35)19(51-25)21(40)41/h4-20,23-25,28-39,46H,1-3H2,(H,40,41)(H,42,43)(H,44,45)/t4-,5-,6-,7+,8+,9+,10-,11-,12+,13-,14-,15-,16-,17-,18-,19+,20+,23+,24-,25+,27-/m1/s1. The lowest BCUT2D eigenvalue weighted by molar-refractivity contribution is -0.389. The van der Waals surface area contributed by atoms with E-state index in [4.69, 9.17) is 33.2 Å². The van der Waals surface area contributed by atoms with E-state index >= 15 is 0 Å². The molecule has 0 spiro atoms. The summed E-state index contributed by atoms with van der Waals surface area (Å²) in [5.41, 5.74) is 0. The van der Waals surface area contributed by atoms with Gasteiger partial charge in [-0.3, -0.25) is 0 Å². The van der Waals surface area contributed by atoms with Crippen LogP contribution in [0, 0.1) is 0 Å². The van der Waals surface area contributed by atoms with Gasteiger partial charge in [0.1, 0.15) is 85.5 Å². The molecule has 16 N–H and O–H groups in total. The molecule has 0 aromatic rings. The van der Waals surface area contributed by atoms with Crippen molar-refractivity contribution in [1.29, 1.82) is 0 Å². The molecule has 53 heavy (non-hydrogen) atoms. The number of rotatable bonds is 13. The average molecular weight is 783 g/mol. The third-order valence-corrected chi connectivity index (χ3v) is 9.06. The summed E-state index contributed by atoms with van der Waals surface area (Å²) >= 11 is 0. The molecule has 4 saturated heterocycles. The monoisotopic (exact) mass is 782 g/mol. The summed E-state index contributed by atoms with van der Waals surface area (Å²) in [4.78, 5) is 35.8. The lowest BCUT2D eigenvalue weighted by atomic mass is 9.91. The van der Waals surface area contributed by atoms with Crippen LogP contribution >= 0.6 is 0 Å². The zero-order valence-corrected chi connectivity index (χ0v) is 26.9. The van der Waals surface area contributed by atoms with Crippen molar-refractivity contribution in [3.8, 4) is 0 Å². The Morgan fingerprint density at radius 3 is 1.57 bits per heavy atom. The number of aliphatic hydroxyl groups is 13. The van der Waals surface area contributed by atoms with Crippen LogP contribution in [0.3, 0.4) is 0 Å². The quantitative estimate of drug-likeness (QED) is 0.0824. The maximum atomic E-state index is 12.3. The minimum absolute atomic E-state index is 1.05. The molecule has 4 heterocycles. The second-order valence-corrected chi connectivity index (χ2v) is 12.7. The number of hydrogen-bond donors (Lipinski definition) is 16. The summed E-state index contributed by atoms with van der Waals surface area (Å²) in [6.45, 7) is -2.28. The summed E-state index contributed by atoms with van der Waals surface area (Å²) in [7, 11) is 0. The topological polar surface area (TPSA) is 440 Å². The minimum Gasteiger partial charge on any atom is -0.479 e. The van der Waals surface area contributed by atoms with Gasteiger partial charge in [0.25, 0.3) is 5.79 Å². The third kappa shape index (κ3) is 8.71. The molecule has 21 atom stereocenters. The first kappa shape index (κ1) is 43.3. The van der Waals surface area contributed by atoms with Crippen molar-refractivity contribution in [2.45, 2.75) is 135 Å². The highest BCUT2D eigenvalue weighted by molar-refractivity contribution is 5.75. The maximum Gasteiger partial charge on any atom is 0.364 e. The van der Waals surface area contributed by atoms with Gasteiger partial charge in [-0.15, -0.1) is 0 Å². The Hall–Kier alpha value is -2.39. The van der Waals surface area contributed by atoms with E-state index in [1.54, 1.807) is 0 Å². The molecule has 4 aliphatic rings. The van der Waals surface area contributed by atoms with E-state index in [2.05, 4.69) is 0 Å². The van der Waals surface area contributed by atoms with Gasteiger partial charge >= 0.3 is 17.9 Å².